The van der Waals surface area contributed by atoms with E-state index in [0.29, 0.717) is 13.2 Å². The summed E-state index contributed by atoms with van der Waals surface area (Å²) in [5, 5.41) is 0. The SMILES string of the molecule is C[Si](C)(C)OCCO/C=C/c1ccccc1. The molecular weight excluding hydrogens is 216 g/mol. The zero-order valence-corrected chi connectivity index (χ0v) is 11.3. The molecule has 0 amide bonds. The van der Waals surface area contributed by atoms with E-state index < -0.39 is 8.32 Å². The minimum atomic E-state index is -1.39. The Labute approximate surface area is 99.0 Å². The summed E-state index contributed by atoms with van der Waals surface area (Å²) in [6.45, 7) is 7.81. The smallest absolute Gasteiger partial charge is 0.183 e. The normalized spacial score (nSPS) is 11.9. The standard InChI is InChI=1S/C13H20O2Si/c1-16(2,3)15-12-11-14-10-9-13-7-5-4-6-8-13/h4-10H,11-12H2,1-3H3/b10-9+. The van der Waals surface area contributed by atoms with Gasteiger partial charge < -0.3 is 9.16 Å². The van der Waals surface area contributed by atoms with Crippen molar-refractivity contribution in [2.75, 3.05) is 13.2 Å². The molecule has 2 nitrogen and oxygen atoms in total. The fourth-order valence-electron chi connectivity index (χ4n) is 1.15. The van der Waals surface area contributed by atoms with Gasteiger partial charge in [-0.25, -0.2) is 0 Å². The van der Waals surface area contributed by atoms with Crippen LogP contribution in [0.2, 0.25) is 19.6 Å². The molecule has 3 heteroatoms. The summed E-state index contributed by atoms with van der Waals surface area (Å²) < 4.78 is 11.0. The maximum atomic E-state index is 5.66. The van der Waals surface area contributed by atoms with E-state index in [9.17, 15) is 0 Å². The molecule has 16 heavy (non-hydrogen) atoms. The maximum absolute atomic E-state index is 5.66. The van der Waals surface area contributed by atoms with Crippen molar-refractivity contribution in [2.24, 2.45) is 0 Å². The van der Waals surface area contributed by atoms with Crippen molar-refractivity contribution in [3.63, 3.8) is 0 Å². The van der Waals surface area contributed by atoms with E-state index in [1.807, 2.05) is 36.4 Å². The first-order valence-corrected chi connectivity index (χ1v) is 8.96. The molecule has 0 heterocycles. The van der Waals surface area contributed by atoms with E-state index >= 15 is 0 Å². The highest BCUT2D eigenvalue weighted by molar-refractivity contribution is 6.69. The van der Waals surface area contributed by atoms with Gasteiger partial charge in [0, 0.05) is 0 Å². The van der Waals surface area contributed by atoms with Crippen LogP contribution in [0.3, 0.4) is 0 Å². The molecule has 0 fully saturated rings. The molecule has 1 rings (SSSR count). The van der Waals surface area contributed by atoms with Gasteiger partial charge in [-0.15, -0.1) is 0 Å². The van der Waals surface area contributed by atoms with Crippen molar-refractivity contribution in [3.8, 4) is 0 Å². The van der Waals surface area contributed by atoms with Gasteiger partial charge in [0.1, 0.15) is 6.61 Å². The quantitative estimate of drug-likeness (QED) is 0.427. The predicted octanol–water partition coefficient (Wildman–Crippen LogP) is 3.53. The average molecular weight is 236 g/mol. The fourth-order valence-corrected chi connectivity index (χ4v) is 1.85. The molecule has 88 valence electrons. The predicted molar refractivity (Wildman–Crippen MR) is 70.7 cm³/mol. The van der Waals surface area contributed by atoms with E-state index in [1.54, 1.807) is 6.26 Å². The minimum Gasteiger partial charge on any atom is -0.499 e. The van der Waals surface area contributed by atoms with Crippen LogP contribution in [0.5, 0.6) is 0 Å². The molecule has 0 atom stereocenters. The van der Waals surface area contributed by atoms with Crippen molar-refractivity contribution in [3.05, 3.63) is 42.2 Å². The zero-order valence-electron chi connectivity index (χ0n) is 10.3. The van der Waals surface area contributed by atoms with Gasteiger partial charge in [0.2, 0.25) is 0 Å². The highest BCUT2D eigenvalue weighted by Crippen LogP contribution is 2.03. The Kier molecular flexibility index (Phi) is 5.29. The zero-order chi connectivity index (χ0) is 11.9. The lowest BCUT2D eigenvalue weighted by atomic mass is 10.2. The molecule has 0 aliphatic rings. The van der Waals surface area contributed by atoms with Crippen LogP contribution in [0.15, 0.2) is 36.6 Å². The molecule has 1 aromatic rings. The van der Waals surface area contributed by atoms with Crippen LogP contribution in [0.1, 0.15) is 5.56 Å². The third-order valence-corrected chi connectivity index (χ3v) is 2.96. The monoisotopic (exact) mass is 236 g/mol. The van der Waals surface area contributed by atoms with Gasteiger partial charge in [0.05, 0.1) is 12.9 Å². The summed E-state index contributed by atoms with van der Waals surface area (Å²) in [6, 6.07) is 10.1. The molecule has 0 unspecified atom stereocenters. The van der Waals surface area contributed by atoms with Crippen molar-refractivity contribution in [1.82, 2.24) is 0 Å². The second kappa shape index (κ2) is 6.50. The third-order valence-electron chi connectivity index (χ3n) is 1.89. The highest BCUT2D eigenvalue weighted by atomic mass is 28.4. The summed E-state index contributed by atoms with van der Waals surface area (Å²) in [7, 11) is -1.39. The fraction of sp³-hybridized carbons (Fsp3) is 0.385. The number of benzene rings is 1. The summed E-state index contributed by atoms with van der Waals surface area (Å²) in [6.07, 6.45) is 3.68. The Hall–Kier alpha value is -1.06. The highest BCUT2D eigenvalue weighted by Gasteiger charge is 2.12. The van der Waals surface area contributed by atoms with Crippen LogP contribution in [-0.2, 0) is 9.16 Å². The first-order chi connectivity index (χ1) is 7.58. The van der Waals surface area contributed by atoms with E-state index in [2.05, 4.69) is 19.6 Å². The largest absolute Gasteiger partial charge is 0.499 e. The van der Waals surface area contributed by atoms with E-state index in [4.69, 9.17) is 9.16 Å². The van der Waals surface area contributed by atoms with Crippen LogP contribution in [-0.4, -0.2) is 21.5 Å². The Morgan fingerprint density at radius 1 is 1.06 bits per heavy atom. The molecule has 0 radical (unpaired) electrons. The summed E-state index contributed by atoms with van der Waals surface area (Å²) >= 11 is 0. The molecule has 0 saturated heterocycles. The summed E-state index contributed by atoms with van der Waals surface area (Å²) in [5.74, 6) is 0. The molecule has 0 spiro atoms. The minimum absolute atomic E-state index is 0.619. The Morgan fingerprint density at radius 2 is 1.75 bits per heavy atom. The van der Waals surface area contributed by atoms with Crippen LogP contribution >= 0.6 is 0 Å². The van der Waals surface area contributed by atoms with E-state index in [0.717, 1.165) is 5.56 Å². The topological polar surface area (TPSA) is 18.5 Å². The average Bonchev–Trinajstić information content (AvgIpc) is 2.23. The van der Waals surface area contributed by atoms with Crippen LogP contribution < -0.4 is 0 Å². The molecule has 0 aromatic heterocycles. The van der Waals surface area contributed by atoms with Gasteiger partial charge >= 0.3 is 0 Å². The first kappa shape index (κ1) is 13.0. The van der Waals surface area contributed by atoms with Gasteiger partial charge in [-0.3, -0.25) is 0 Å². The van der Waals surface area contributed by atoms with Crippen LogP contribution in [0.25, 0.3) is 6.08 Å². The number of hydrogen-bond acceptors (Lipinski definition) is 2. The van der Waals surface area contributed by atoms with Crippen molar-refractivity contribution >= 4 is 14.4 Å². The third kappa shape index (κ3) is 6.43. The van der Waals surface area contributed by atoms with E-state index in [-0.39, 0.29) is 0 Å². The lowest BCUT2D eigenvalue weighted by molar-refractivity contribution is 0.177. The maximum Gasteiger partial charge on any atom is 0.183 e. The lowest BCUT2D eigenvalue weighted by Crippen LogP contribution is -2.27. The summed E-state index contributed by atoms with van der Waals surface area (Å²) in [5.41, 5.74) is 1.15. The van der Waals surface area contributed by atoms with Crippen LogP contribution in [0, 0.1) is 0 Å². The molecular formula is C13H20O2Si. The van der Waals surface area contributed by atoms with Gasteiger partial charge in [0.15, 0.2) is 8.32 Å². The molecule has 0 aliphatic heterocycles. The van der Waals surface area contributed by atoms with Gasteiger partial charge in [-0.2, -0.15) is 0 Å². The Balaban J connectivity index is 2.14. The van der Waals surface area contributed by atoms with Gasteiger partial charge in [0.25, 0.3) is 0 Å². The van der Waals surface area contributed by atoms with Crippen molar-refractivity contribution in [2.45, 2.75) is 19.6 Å². The summed E-state index contributed by atoms with van der Waals surface area (Å²) in [4.78, 5) is 0. The number of hydrogen-bond donors (Lipinski definition) is 0. The van der Waals surface area contributed by atoms with E-state index in [1.165, 1.54) is 0 Å². The van der Waals surface area contributed by atoms with Gasteiger partial charge in [-0.05, 0) is 31.3 Å². The van der Waals surface area contributed by atoms with Crippen LogP contribution in [0.4, 0.5) is 0 Å². The Morgan fingerprint density at radius 3 is 2.38 bits per heavy atom. The number of rotatable bonds is 6. The molecule has 1 aromatic carbocycles. The lowest BCUT2D eigenvalue weighted by Gasteiger charge is -2.16. The molecule has 0 saturated carbocycles. The second-order valence-corrected chi connectivity index (χ2v) is 9.06. The van der Waals surface area contributed by atoms with Gasteiger partial charge in [-0.1, -0.05) is 30.3 Å². The van der Waals surface area contributed by atoms with Crippen molar-refractivity contribution < 1.29 is 9.16 Å². The second-order valence-electron chi connectivity index (χ2n) is 4.55. The van der Waals surface area contributed by atoms with Crippen molar-refractivity contribution in [1.29, 1.82) is 0 Å². The Bertz CT molecular complexity index is 314. The first-order valence-electron chi connectivity index (χ1n) is 5.55. The number of ether oxygens (including phenoxy) is 1. The molecule has 0 bridgehead atoms. The molecule has 0 N–H and O–H groups in total. The molecule has 0 aliphatic carbocycles.